The maximum absolute atomic E-state index is 12.2. The maximum atomic E-state index is 12.2. The Hall–Kier alpha value is -1.03. The van der Waals surface area contributed by atoms with E-state index in [1.54, 1.807) is 18.2 Å². The zero-order valence-electron chi connectivity index (χ0n) is 10.5. The lowest BCUT2D eigenvalue weighted by Gasteiger charge is -2.28. The molecule has 0 atom stereocenters. The SMILES string of the molecule is Cc1ccc(O)c(C(=O)NC2(CBr)CCCC2)c1. The second kappa shape index (κ2) is 5.31. The van der Waals surface area contributed by atoms with Gasteiger partial charge < -0.3 is 10.4 Å². The predicted molar refractivity (Wildman–Crippen MR) is 75.3 cm³/mol. The summed E-state index contributed by atoms with van der Waals surface area (Å²) >= 11 is 3.49. The largest absolute Gasteiger partial charge is 0.507 e. The van der Waals surface area contributed by atoms with E-state index >= 15 is 0 Å². The lowest BCUT2D eigenvalue weighted by atomic mass is 9.99. The molecular weight excluding hydrogens is 294 g/mol. The van der Waals surface area contributed by atoms with E-state index in [1.165, 1.54) is 0 Å². The molecule has 1 aromatic rings. The van der Waals surface area contributed by atoms with Crippen molar-refractivity contribution < 1.29 is 9.90 Å². The molecule has 1 aliphatic rings. The normalized spacial score (nSPS) is 17.7. The van der Waals surface area contributed by atoms with E-state index in [0.717, 1.165) is 36.6 Å². The smallest absolute Gasteiger partial charge is 0.255 e. The lowest BCUT2D eigenvalue weighted by molar-refractivity contribution is 0.0907. The zero-order valence-corrected chi connectivity index (χ0v) is 12.1. The highest BCUT2D eigenvalue weighted by atomic mass is 79.9. The molecule has 0 spiro atoms. The molecule has 4 heteroatoms. The Bertz CT molecular complexity index is 453. The van der Waals surface area contributed by atoms with Gasteiger partial charge in [0.2, 0.25) is 0 Å². The van der Waals surface area contributed by atoms with E-state index in [0.29, 0.717) is 5.56 Å². The Morgan fingerprint density at radius 3 is 2.72 bits per heavy atom. The minimum atomic E-state index is -0.183. The molecule has 1 aliphatic carbocycles. The number of aromatic hydroxyl groups is 1. The van der Waals surface area contributed by atoms with Gasteiger partial charge in [0.05, 0.1) is 11.1 Å². The van der Waals surface area contributed by atoms with Crippen LogP contribution in [0, 0.1) is 6.92 Å². The number of phenolic OH excluding ortho intramolecular Hbond substituents is 1. The summed E-state index contributed by atoms with van der Waals surface area (Å²) in [4.78, 5) is 12.2. The fourth-order valence-corrected chi connectivity index (χ4v) is 3.18. The molecule has 0 aliphatic heterocycles. The maximum Gasteiger partial charge on any atom is 0.255 e. The van der Waals surface area contributed by atoms with E-state index < -0.39 is 0 Å². The molecule has 3 nitrogen and oxygen atoms in total. The fourth-order valence-electron chi connectivity index (χ4n) is 2.48. The van der Waals surface area contributed by atoms with Crippen molar-refractivity contribution in [2.24, 2.45) is 0 Å². The average Bonchev–Trinajstić information content (AvgIpc) is 2.81. The van der Waals surface area contributed by atoms with Gasteiger partial charge in [-0.25, -0.2) is 0 Å². The first-order valence-electron chi connectivity index (χ1n) is 6.24. The lowest BCUT2D eigenvalue weighted by Crippen LogP contribution is -2.47. The Morgan fingerprint density at radius 1 is 1.44 bits per heavy atom. The van der Waals surface area contributed by atoms with Crippen molar-refractivity contribution in [2.45, 2.75) is 38.1 Å². The molecule has 0 bridgehead atoms. The number of hydrogen-bond acceptors (Lipinski definition) is 2. The van der Waals surface area contributed by atoms with E-state index in [4.69, 9.17) is 0 Å². The number of nitrogens with one attached hydrogen (secondary N) is 1. The monoisotopic (exact) mass is 311 g/mol. The number of carbonyl (C=O) groups excluding carboxylic acids is 1. The van der Waals surface area contributed by atoms with Crippen LogP contribution in [0.25, 0.3) is 0 Å². The van der Waals surface area contributed by atoms with Crippen LogP contribution in [0.2, 0.25) is 0 Å². The minimum Gasteiger partial charge on any atom is -0.507 e. The minimum absolute atomic E-state index is 0.0424. The van der Waals surface area contributed by atoms with Crippen molar-refractivity contribution in [1.82, 2.24) is 5.32 Å². The number of phenols is 1. The van der Waals surface area contributed by atoms with Crippen molar-refractivity contribution in [3.05, 3.63) is 29.3 Å². The topological polar surface area (TPSA) is 49.3 Å². The van der Waals surface area contributed by atoms with Gasteiger partial charge in [0.1, 0.15) is 5.75 Å². The molecule has 0 unspecified atom stereocenters. The van der Waals surface area contributed by atoms with Crippen molar-refractivity contribution in [2.75, 3.05) is 5.33 Å². The standard InChI is InChI=1S/C14H18BrNO2/c1-10-4-5-12(17)11(8-10)13(18)16-14(9-15)6-2-3-7-14/h4-5,8,17H,2-3,6-7,9H2,1H3,(H,16,18). The molecule has 0 heterocycles. The fraction of sp³-hybridized carbons (Fsp3) is 0.500. The first kappa shape index (κ1) is 13.4. The van der Waals surface area contributed by atoms with E-state index in [1.807, 2.05) is 6.92 Å². The molecule has 2 rings (SSSR count). The highest BCUT2D eigenvalue weighted by Crippen LogP contribution is 2.32. The summed E-state index contributed by atoms with van der Waals surface area (Å²) in [5.74, 6) is -0.140. The summed E-state index contributed by atoms with van der Waals surface area (Å²) in [6, 6.07) is 5.09. The van der Waals surface area contributed by atoms with Gasteiger partial charge >= 0.3 is 0 Å². The first-order valence-corrected chi connectivity index (χ1v) is 7.37. The van der Waals surface area contributed by atoms with Gasteiger partial charge in [0.15, 0.2) is 0 Å². The number of amides is 1. The molecule has 98 valence electrons. The second-order valence-electron chi connectivity index (χ2n) is 5.10. The van der Waals surface area contributed by atoms with Crippen LogP contribution in [0.1, 0.15) is 41.6 Å². The number of aryl methyl sites for hydroxylation is 1. The average molecular weight is 312 g/mol. The van der Waals surface area contributed by atoms with Gasteiger partial charge in [0.25, 0.3) is 5.91 Å². The third-order valence-electron chi connectivity index (χ3n) is 3.59. The van der Waals surface area contributed by atoms with Gasteiger partial charge in [-0.1, -0.05) is 40.4 Å². The van der Waals surface area contributed by atoms with Crippen LogP contribution in [0.5, 0.6) is 5.75 Å². The van der Waals surface area contributed by atoms with Crippen molar-refractivity contribution in [3.63, 3.8) is 0 Å². The molecule has 1 aromatic carbocycles. The summed E-state index contributed by atoms with van der Waals surface area (Å²) in [5, 5.41) is 13.6. The van der Waals surface area contributed by atoms with Crippen LogP contribution in [0.3, 0.4) is 0 Å². The summed E-state index contributed by atoms with van der Waals surface area (Å²) in [5.41, 5.74) is 1.19. The number of benzene rings is 1. The molecule has 2 N–H and O–H groups in total. The van der Waals surface area contributed by atoms with Crippen molar-refractivity contribution >= 4 is 21.8 Å². The third kappa shape index (κ3) is 2.69. The van der Waals surface area contributed by atoms with E-state index in [-0.39, 0.29) is 17.2 Å². The van der Waals surface area contributed by atoms with Gasteiger partial charge in [-0.15, -0.1) is 0 Å². The quantitative estimate of drug-likeness (QED) is 0.843. The summed E-state index contributed by atoms with van der Waals surface area (Å²) in [6.45, 7) is 1.91. The third-order valence-corrected chi connectivity index (χ3v) is 4.67. The van der Waals surface area contributed by atoms with Gasteiger partial charge in [0, 0.05) is 5.33 Å². The van der Waals surface area contributed by atoms with Crippen LogP contribution in [-0.4, -0.2) is 21.9 Å². The first-order chi connectivity index (χ1) is 8.56. The molecule has 0 aromatic heterocycles. The van der Waals surface area contributed by atoms with Gasteiger partial charge in [-0.2, -0.15) is 0 Å². The highest BCUT2D eigenvalue weighted by molar-refractivity contribution is 9.09. The Balaban J connectivity index is 2.18. The number of alkyl halides is 1. The molecule has 1 saturated carbocycles. The van der Waals surface area contributed by atoms with Crippen LogP contribution >= 0.6 is 15.9 Å². The zero-order chi connectivity index (χ0) is 13.2. The van der Waals surface area contributed by atoms with Gasteiger partial charge in [-0.05, 0) is 31.9 Å². The van der Waals surface area contributed by atoms with Crippen LogP contribution in [0.15, 0.2) is 18.2 Å². The van der Waals surface area contributed by atoms with Crippen LogP contribution < -0.4 is 5.32 Å². The van der Waals surface area contributed by atoms with E-state index in [9.17, 15) is 9.90 Å². The molecule has 1 fully saturated rings. The molecule has 0 radical (unpaired) electrons. The summed E-state index contributed by atoms with van der Waals surface area (Å²) in [6.07, 6.45) is 4.28. The van der Waals surface area contributed by atoms with Crippen molar-refractivity contribution in [3.8, 4) is 5.75 Å². The Kier molecular flexibility index (Phi) is 3.95. The highest BCUT2D eigenvalue weighted by Gasteiger charge is 2.34. The molecule has 18 heavy (non-hydrogen) atoms. The number of halogens is 1. The summed E-state index contributed by atoms with van der Waals surface area (Å²) in [7, 11) is 0. The predicted octanol–water partition coefficient (Wildman–Crippen LogP) is 3.14. The molecule has 1 amide bonds. The second-order valence-corrected chi connectivity index (χ2v) is 5.66. The van der Waals surface area contributed by atoms with E-state index in [2.05, 4.69) is 21.2 Å². The Labute approximate surface area is 116 Å². The van der Waals surface area contributed by atoms with Crippen molar-refractivity contribution in [1.29, 1.82) is 0 Å². The Morgan fingerprint density at radius 2 is 2.11 bits per heavy atom. The van der Waals surface area contributed by atoms with Crippen LogP contribution in [0.4, 0.5) is 0 Å². The molecule has 0 saturated heterocycles. The summed E-state index contributed by atoms with van der Waals surface area (Å²) < 4.78 is 0. The number of rotatable bonds is 3. The van der Waals surface area contributed by atoms with Crippen LogP contribution in [-0.2, 0) is 0 Å². The molecular formula is C14H18BrNO2. The number of carbonyl (C=O) groups is 1. The number of hydrogen-bond donors (Lipinski definition) is 2. The van der Waals surface area contributed by atoms with Gasteiger partial charge in [-0.3, -0.25) is 4.79 Å².